The molecule has 1 heterocycles. The van der Waals surface area contributed by atoms with Gasteiger partial charge in [0.15, 0.2) is 0 Å². The van der Waals surface area contributed by atoms with Gasteiger partial charge in [-0.15, -0.1) is 0 Å². The molecule has 1 rings (SSSR count). The summed E-state index contributed by atoms with van der Waals surface area (Å²) in [5.74, 6) is -1.75. The van der Waals surface area contributed by atoms with Gasteiger partial charge in [0.25, 0.3) is 0 Å². The van der Waals surface area contributed by atoms with Crippen molar-refractivity contribution in [1.82, 2.24) is 0 Å². The fraction of sp³-hybridized carbons (Fsp3) is 1.00. The highest BCUT2D eigenvalue weighted by Gasteiger charge is 2.42. The fourth-order valence-corrected chi connectivity index (χ4v) is 3.52. The molecule has 0 aromatic rings. The van der Waals surface area contributed by atoms with Gasteiger partial charge in [0, 0.05) is 16.9 Å². The number of hydrogen-bond acceptors (Lipinski definition) is 7. The molecule has 0 atom stereocenters. The summed E-state index contributed by atoms with van der Waals surface area (Å²) >= 11 is 0. The minimum atomic E-state index is -4.55. The Morgan fingerprint density at radius 1 is 1.00 bits per heavy atom. The van der Waals surface area contributed by atoms with E-state index in [-0.39, 0.29) is 13.2 Å². The molecular formula is C5H8O7S2-2. The predicted molar refractivity (Wildman–Crippen MR) is 42.4 cm³/mol. The second-order valence-corrected chi connectivity index (χ2v) is 6.20. The third-order valence-corrected chi connectivity index (χ3v) is 3.71. The summed E-state index contributed by atoms with van der Waals surface area (Å²) in [6.07, 6.45) is 0. The molecule has 0 N–H and O–H groups in total. The summed E-state index contributed by atoms with van der Waals surface area (Å²) in [6, 6.07) is 0. The molecule has 1 aliphatic heterocycles. The monoisotopic (exact) mass is 244 g/mol. The van der Waals surface area contributed by atoms with Crippen molar-refractivity contribution < 1.29 is 30.7 Å². The molecule has 7 nitrogen and oxygen atoms in total. The highest BCUT2D eigenvalue weighted by Crippen LogP contribution is 2.30. The second kappa shape index (κ2) is 3.42. The van der Waals surface area contributed by atoms with E-state index in [4.69, 9.17) is 0 Å². The van der Waals surface area contributed by atoms with Crippen LogP contribution in [0.15, 0.2) is 0 Å². The van der Waals surface area contributed by atoms with Crippen LogP contribution in [-0.2, 0) is 25.0 Å². The van der Waals surface area contributed by atoms with Crippen molar-refractivity contribution in [2.75, 3.05) is 24.7 Å². The van der Waals surface area contributed by atoms with Crippen LogP contribution in [0, 0.1) is 5.41 Å². The van der Waals surface area contributed by atoms with E-state index < -0.39 is 37.2 Å². The highest BCUT2D eigenvalue weighted by atomic mass is 32.2. The summed E-state index contributed by atoms with van der Waals surface area (Å²) in [5.41, 5.74) is -1.33. The van der Waals surface area contributed by atoms with Crippen molar-refractivity contribution in [2.24, 2.45) is 5.41 Å². The summed E-state index contributed by atoms with van der Waals surface area (Å²) in [7, 11) is -9.10. The Kier molecular flexibility index (Phi) is 2.89. The van der Waals surface area contributed by atoms with E-state index in [0.717, 1.165) is 0 Å². The normalized spacial score (nSPS) is 21.6. The van der Waals surface area contributed by atoms with E-state index in [1.807, 2.05) is 0 Å². The van der Waals surface area contributed by atoms with Gasteiger partial charge < -0.3 is 13.8 Å². The van der Waals surface area contributed by atoms with Gasteiger partial charge >= 0.3 is 0 Å². The fourth-order valence-electron chi connectivity index (χ4n) is 1.35. The van der Waals surface area contributed by atoms with E-state index >= 15 is 0 Å². The molecule has 0 spiro atoms. The van der Waals surface area contributed by atoms with Crippen molar-refractivity contribution in [3.63, 3.8) is 0 Å². The van der Waals surface area contributed by atoms with Crippen LogP contribution in [0.5, 0.6) is 0 Å². The van der Waals surface area contributed by atoms with Crippen LogP contribution in [0.2, 0.25) is 0 Å². The van der Waals surface area contributed by atoms with Crippen LogP contribution in [0.1, 0.15) is 0 Å². The van der Waals surface area contributed by atoms with Gasteiger partial charge in [-0.1, -0.05) is 0 Å². The van der Waals surface area contributed by atoms with E-state index in [2.05, 4.69) is 4.74 Å². The van der Waals surface area contributed by atoms with Crippen molar-refractivity contribution in [3.05, 3.63) is 0 Å². The SMILES string of the molecule is O=S(=O)([O-])CC1(CS(=O)(=O)[O-])COC1. The zero-order chi connectivity index (χ0) is 11.0. The first-order valence-electron chi connectivity index (χ1n) is 3.57. The van der Waals surface area contributed by atoms with Crippen molar-refractivity contribution in [1.29, 1.82) is 0 Å². The van der Waals surface area contributed by atoms with Gasteiger partial charge in [-0.25, -0.2) is 16.8 Å². The molecule has 9 heteroatoms. The van der Waals surface area contributed by atoms with Gasteiger partial charge in [0.05, 0.1) is 33.5 Å². The Labute approximate surface area is 81.6 Å². The number of hydrogen-bond donors (Lipinski definition) is 0. The molecule has 0 aromatic carbocycles. The maximum Gasteiger partial charge on any atom is 0.0953 e. The summed E-state index contributed by atoms with van der Waals surface area (Å²) < 4.78 is 67.1. The molecule has 0 aromatic heterocycles. The third-order valence-electron chi connectivity index (χ3n) is 1.78. The first kappa shape index (κ1) is 11.9. The van der Waals surface area contributed by atoms with E-state index in [0.29, 0.717) is 0 Å². The van der Waals surface area contributed by atoms with Gasteiger partial charge in [-0.3, -0.25) is 0 Å². The van der Waals surface area contributed by atoms with Gasteiger partial charge in [0.2, 0.25) is 0 Å². The molecule has 0 bridgehead atoms. The summed E-state index contributed by atoms with van der Waals surface area (Å²) in [4.78, 5) is 0. The Bertz CT molecular complexity index is 365. The zero-order valence-corrected chi connectivity index (χ0v) is 8.64. The highest BCUT2D eigenvalue weighted by molar-refractivity contribution is 7.86. The maximum absolute atomic E-state index is 10.4. The molecule has 0 unspecified atom stereocenters. The lowest BCUT2D eigenvalue weighted by Gasteiger charge is -2.42. The maximum atomic E-state index is 10.4. The first-order valence-corrected chi connectivity index (χ1v) is 6.72. The Morgan fingerprint density at radius 3 is 1.50 bits per heavy atom. The molecule has 1 aliphatic rings. The van der Waals surface area contributed by atoms with Crippen molar-refractivity contribution >= 4 is 20.2 Å². The molecule has 0 radical (unpaired) electrons. The molecule has 0 saturated carbocycles. The Balaban J connectivity index is 2.79. The lowest BCUT2D eigenvalue weighted by molar-refractivity contribution is -0.0860. The molecule has 0 aliphatic carbocycles. The van der Waals surface area contributed by atoms with Crippen LogP contribution < -0.4 is 0 Å². The van der Waals surface area contributed by atoms with E-state index in [9.17, 15) is 25.9 Å². The zero-order valence-electron chi connectivity index (χ0n) is 7.00. The Hall–Kier alpha value is -0.220. The minimum Gasteiger partial charge on any atom is -0.748 e. The molecule has 1 saturated heterocycles. The Morgan fingerprint density at radius 2 is 1.36 bits per heavy atom. The van der Waals surface area contributed by atoms with Crippen molar-refractivity contribution in [3.8, 4) is 0 Å². The largest absolute Gasteiger partial charge is 0.748 e. The second-order valence-electron chi connectivity index (χ2n) is 3.40. The van der Waals surface area contributed by atoms with Crippen LogP contribution in [0.25, 0.3) is 0 Å². The van der Waals surface area contributed by atoms with Crippen LogP contribution >= 0.6 is 0 Å². The van der Waals surface area contributed by atoms with Crippen molar-refractivity contribution in [2.45, 2.75) is 0 Å². The van der Waals surface area contributed by atoms with Gasteiger partial charge in [-0.05, 0) is 0 Å². The lowest BCUT2D eigenvalue weighted by Crippen LogP contribution is -2.52. The van der Waals surface area contributed by atoms with Crippen LogP contribution in [0.3, 0.4) is 0 Å². The topological polar surface area (TPSA) is 124 Å². The summed E-state index contributed by atoms with van der Waals surface area (Å²) in [5, 5.41) is 0. The molecule has 0 amide bonds. The molecular weight excluding hydrogens is 236 g/mol. The molecule has 1 fully saturated rings. The number of rotatable bonds is 4. The average Bonchev–Trinajstić information content (AvgIpc) is 1.75. The van der Waals surface area contributed by atoms with Gasteiger partial charge in [0.1, 0.15) is 0 Å². The number of ether oxygens (including phenoxy) is 1. The summed E-state index contributed by atoms with van der Waals surface area (Å²) in [6.45, 7) is -0.369. The van der Waals surface area contributed by atoms with Crippen LogP contribution in [0.4, 0.5) is 0 Å². The first-order chi connectivity index (χ1) is 6.12. The quantitative estimate of drug-likeness (QED) is 0.528. The smallest absolute Gasteiger partial charge is 0.0953 e. The lowest BCUT2D eigenvalue weighted by atomic mass is 9.91. The standard InChI is InChI=1S/C5H10O7S2/c6-13(7,8)3-5(1-12-2-5)4-14(9,10)11/h1-4H2,(H,6,7,8)(H,9,10,11)/p-2. The predicted octanol–water partition coefficient (Wildman–Crippen LogP) is -1.91. The minimum absolute atomic E-state index is 0.185. The average molecular weight is 244 g/mol. The molecule has 14 heavy (non-hydrogen) atoms. The van der Waals surface area contributed by atoms with Crippen LogP contribution in [-0.4, -0.2) is 50.7 Å². The van der Waals surface area contributed by atoms with E-state index in [1.54, 1.807) is 0 Å². The molecule has 84 valence electrons. The van der Waals surface area contributed by atoms with Gasteiger partial charge in [-0.2, -0.15) is 0 Å². The third kappa shape index (κ3) is 3.50. The van der Waals surface area contributed by atoms with E-state index in [1.165, 1.54) is 0 Å².